The lowest BCUT2D eigenvalue weighted by Crippen LogP contribution is -2.54. The van der Waals surface area contributed by atoms with E-state index in [0.717, 1.165) is 67.4 Å². The molecule has 0 spiro atoms. The van der Waals surface area contributed by atoms with Gasteiger partial charge in [0.1, 0.15) is 29.8 Å². The average molecular weight is 553 g/mol. The lowest BCUT2D eigenvalue weighted by molar-refractivity contribution is -0.127. The first-order valence-corrected chi connectivity index (χ1v) is 15.6. The number of hydrogen-bond donors (Lipinski definition) is 1. The number of hydrogen-bond acceptors (Lipinski definition) is 9. The molecule has 3 fully saturated rings. The van der Waals surface area contributed by atoms with E-state index < -0.39 is 9.84 Å². The molecule has 1 atom stereocenters. The fourth-order valence-electron chi connectivity index (χ4n) is 6.29. The summed E-state index contributed by atoms with van der Waals surface area (Å²) >= 11 is 0. The summed E-state index contributed by atoms with van der Waals surface area (Å²) in [6.07, 6.45) is 4.65. The number of aryl methyl sites for hydroxylation is 1. The molecule has 3 saturated heterocycles. The summed E-state index contributed by atoms with van der Waals surface area (Å²) in [7, 11) is -3.00. The molecule has 4 aliphatic heterocycles. The van der Waals surface area contributed by atoms with Gasteiger partial charge < -0.3 is 19.9 Å². The maximum atomic E-state index is 12.0. The number of fused-ring (bicyclic) bond motifs is 2. The zero-order valence-corrected chi connectivity index (χ0v) is 23.4. The van der Waals surface area contributed by atoms with Crippen molar-refractivity contribution in [3.63, 3.8) is 0 Å². The molecular formula is C28H36N6O4S. The zero-order valence-electron chi connectivity index (χ0n) is 22.6. The second-order valence-corrected chi connectivity index (χ2v) is 13.4. The first kappa shape index (κ1) is 26.1. The van der Waals surface area contributed by atoms with Crippen LogP contribution in [0.15, 0.2) is 31.1 Å². The van der Waals surface area contributed by atoms with E-state index in [-0.39, 0.29) is 23.5 Å². The third-order valence-corrected chi connectivity index (χ3v) is 10.2. The van der Waals surface area contributed by atoms with Gasteiger partial charge in [-0.1, -0.05) is 12.6 Å². The molecule has 2 aromatic rings. The Morgan fingerprint density at radius 3 is 2.54 bits per heavy atom. The van der Waals surface area contributed by atoms with Gasteiger partial charge in [-0.25, -0.2) is 18.4 Å². The number of amides is 1. The molecule has 1 aromatic heterocycles. The number of ether oxygens (including phenoxy) is 1. The first-order chi connectivity index (χ1) is 18.7. The molecule has 208 valence electrons. The van der Waals surface area contributed by atoms with Crippen molar-refractivity contribution in [2.75, 3.05) is 61.0 Å². The number of carbonyl (C=O) groups excluding carboxylic acids is 1. The van der Waals surface area contributed by atoms with Gasteiger partial charge >= 0.3 is 0 Å². The highest BCUT2D eigenvalue weighted by atomic mass is 32.2. The molecule has 0 bridgehead atoms. The quantitative estimate of drug-likeness (QED) is 0.573. The second-order valence-electron chi connectivity index (χ2n) is 11.1. The summed E-state index contributed by atoms with van der Waals surface area (Å²) in [5.74, 6) is 2.97. The van der Waals surface area contributed by atoms with Gasteiger partial charge in [-0.2, -0.15) is 0 Å². The van der Waals surface area contributed by atoms with Gasteiger partial charge in [0.05, 0.1) is 22.8 Å². The molecule has 11 heteroatoms. The summed E-state index contributed by atoms with van der Waals surface area (Å²) < 4.78 is 30.5. The third-order valence-electron chi connectivity index (χ3n) is 8.61. The Kier molecular flexibility index (Phi) is 6.74. The molecule has 1 N–H and O–H groups in total. The Morgan fingerprint density at radius 1 is 1.13 bits per heavy atom. The molecular weight excluding hydrogens is 516 g/mol. The van der Waals surface area contributed by atoms with E-state index in [1.165, 1.54) is 18.0 Å². The van der Waals surface area contributed by atoms with Crippen molar-refractivity contribution < 1.29 is 17.9 Å². The van der Waals surface area contributed by atoms with E-state index in [1.54, 1.807) is 0 Å². The minimum absolute atomic E-state index is 0.0299. The summed E-state index contributed by atoms with van der Waals surface area (Å²) in [6.45, 7) is 12.1. The average Bonchev–Trinajstić information content (AvgIpc) is 3.04. The van der Waals surface area contributed by atoms with Gasteiger partial charge in [-0.05, 0) is 50.0 Å². The highest BCUT2D eigenvalue weighted by Gasteiger charge is 2.37. The highest BCUT2D eigenvalue weighted by Crippen LogP contribution is 2.45. The predicted octanol–water partition coefficient (Wildman–Crippen LogP) is 2.79. The Balaban J connectivity index is 1.18. The fourth-order valence-corrected chi connectivity index (χ4v) is 7.49. The lowest BCUT2D eigenvalue weighted by Gasteiger charge is -2.47. The van der Waals surface area contributed by atoms with Gasteiger partial charge in [0.15, 0.2) is 9.84 Å². The van der Waals surface area contributed by atoms with Crippen molar-refractivity contribution in [1.29, 1.82) is 0 Å². The molecule has 39 heavy (non-hydrogen) atoms. The largest absolute Gasteiger partial charge is 0.483 e. The fraction of sp³-hybridized carbons (Fsp3) is 0.536. The van der Waals surface area contributed by atoms with Crippen molar-refractivity contribution >= 4 is 33.1 Å². The molecule has 10 nitrogen and oxygen atoms in total. The van der Waals surface area contributed by atoms with Crippen molar-refractivity contribution in [3.8, 4) is 5.75 Å². The van der Waals surface area contributed by atoms with Crippen molar-refractivity contribution in [2.45, 2.75) is 44.8 Å². The van der Waals surface area contributed by atoms with E-state index in [2.05, 4.69) is 45.8 Å². The number of aromatic nitrogens is 2. The van der Waals surface area contributed by atoms with E-state index in [9.17, 15) is 13.2 Å². The van der Waals surface area contributed by atoms with Gasteiger partial charge in [-0.3, -0.25) is 9.69 Å². The van der Waals surface area contributed by atoms with Gasteiger partial charge in [-0.15, -0.1) is 0 Å². The molecule has 5 heterocycles. The van der Waals surface area contributed by atoms with Gasteiger partial charge in [0.2, 0.25) is 5.91 Å². The number of anilines is 3. The molecule has 1 aromatic carbocycles. The van der Waals surface area contributed by atoms with Crippen molar-refractivity contribution in [2.24, 2.45) is 0 Å². The Hall–Kier alpha value is -3.18. The predicted molar refractivity (Wildman–Crippen MR) is 151 cm³/mol. The van der Waals surface area contributed by atoms with Crippen LogP contribution in [-0.2, 0) is 14.6 Å². The van der Waals surface area contributed by atoms with Crippen LogP contribution in [0.1, 0.15) is 48.5 Å². The number of benzene rings is 1. The van der Waals surface area contributed by atoms with E-state index in [4.69, 9.17) is 4.74 Å². The topological polar surface area (TPSA) is 108 Å². The van der Waals surface area contributed by atoms with E-state index >= 15 is 0 Å². The van der Waals surface area contributed by atoms with Crippen LogP contribution in [0.25, 0.3) is 0 Å². The normalized spacial score (nSPS) is 23.5. The summed E-state index contributed by atoms with van der Waals surface area (Å²) in [6, 6.07) is 4.94. The van der Waals surface area contributed by atoms with Crippen LogP contribution >= 0.6 is 0 Å². The third kappa shape index (κ3) is 4.98. The number of carbonyl (C=O) groups is 1. The number of piperidine rings is 1. The minimum atomic E-state index is -3.00. The number of nitrogens with zero attached hydrogens (tertiary/aromatic N) is 5. The van der Waals surface area contributed by atoms with Crippen LogP contribution in [-0.4, -0.2) is 90.9 Å². The molecule has 0 aliphatic carbocycles. The number of rotatable bonds is 4. The smallest absolute Gasteiger partial charge is 0.245 e. The van der Waals surface area contributed by atoms with E-state index in [0.29, 0.717) is 30.9 Å². The molecule has 0 unspecified atom stereocenters. The molecule has 0 saturated carbocycles. The van der Waals surface area contributed by atoms with Crippen LogP contribution < -0.4 is 15.0 Å². The molecule has 1 amide bonds. The number of likely N-dealkylation sites (tertiary alicyclic amines) is 2. The van der Waals surface area contributed by atoms with Crippen LogP contribution in [0.3, 0.4) is 0 Å². The summed E-state index contributed by atoms with van der Waals surface area (Å²) in [5.41, 5.74) is 4.11. The van der Waals surface area contributed by atoms with Crippen LogP contribution in [0.4, 0.5) is 17.3 Å². The van der Waals surface area contributed by atoms with Crippen molar-refractivity contribution in [3.05, 3.63) is 47.8 Å². The lowest BCUT2D eigenvalue weighted by atomic mass is 9.87. The standard InChI is InChI=1S/C28H36N6O4S/c1-4-24(35)32-7-5-22(6-8-32)34-15-21(16-34)20-13-18(2)26-23(14-20)31-27-25(19(3)38-26)28(30-17-29-27)33-9-11-39(36,37)12-10-33/h4,13-14,17,19,21-22H,1,5-12,15-16H2,2-3H3,(H,29,30,31)/t19-/m1/s1. The maximum absolute atomic E-state index is 12.0. The first-order valence-electron chi connectivity index (χ1n) is 13.8. The number of nitrogens with one attached hydrogen (secondary N) is 1. The number of sulfone groups is 1. The Labute approximate surface area is 230 Å². The molecule has 4 aliphatic rings. The Morgan fingerprint density at radius 2 is 1.85 bits per heavy atom. The van der Waals surface area contributed by atoms with E-state index in [1.807, 2.05) is 16.7 Å². The Bertz CT molecular complexity index is 1390. The monoisotopic (exact) mass is 552 g/mol. The minimum Gasteiger partial charge on any atom is -0.483 e. The summed E-state index contributed by atoms with van der Waals surface area (Å²) in [4.78, 5) is 27.5. The SMILES string of the molecule is C=CC(=O)N1CCC(N2CC(c3cc(C)c4c(c3)Nc3ncnc(N5CCS(=O)(=O)CC5)c3[C@@H](C)O4)C2)CC1. The maximum Gasteiger partial charge on any atom is 0.245 e. The second kappa shape index (κ2) is 10.1. The van der Waals surface area contributed by atoms with Crippen LogP contribution in [0, 0.1) is 6.92 Å². The molecule has 6 rings (SSSR count). The van der Waals surface area contributed by atoms with Crippen LogP contribution in [0.5, 0.6) is 5.75 Å². The van der Waals surface area contributed by atoms with Gasteiger partial charge in [0, 0.05) is 51.2 Å². The van der Waals surface area contributed by atoms with Gasteiger partial charge in [0.25, 0.3) is 0 Å². The highest BCUT2D eigenvalue weighted by molar-refractivity contribution is 7.91. The summed E-state index contributed by atoms with van der Waals surface area (Å²) in [5, 5.41) is 3.53. The van der Waals surface area contributed by atoms with Crippen molar-refractivity contribution in [1.82, 2.24) is 19.8 Å². The zero-order chi connectivity index (χ0) is 27.3. The van der Waals surface area contributed by atoms with Crippen LogP contribution in [0.2, 0.25) is 0 Å². The molecule has 0 radical (unpaired) electrons.